The molecule has 3 rings (SSSR count). The molecule has 0 aliphatic rings. The van der Waals surface area contributed by atoms with Crippen molar-refractivity contribution < 1.29 is 17.5 Å². The second-order valence-electron chi connectivity index (χ2n) is 5.04. The van der Waals surface area contributed by atoms with Crippen LogP contribution in [0.2, 0.25) is 0 Å². The molecule has 5 nitrogen and oxygen atoms in total. The molecule has 2 aromatic carbocycles. The largest absolute Gasteiger partial charge is 0.495 e. The molecular weight excluding hydrogens is 351 g/mol. The molecule has 1 heterocycles. The number of methoxy groups -OCH3 is 1. The molecule has 0 unspecified atom stereocenters. The molecular formula is C16H15FN2O3S2. The van der Waals surface area contributed by atoms with Crippen LogP contribution in [0, 0.1) is 5.82 Å². The number of sulfonamides is 1. The molecule has 0 bridgehead atoms. The fourth-order valence-corrected chi connectivity index (χ4v) is 4.44. The maximum atomic E-state index is 13.4. The monoisotopic (exact) mass is 366 g/mol. The first-order valence-electron chi connectivity index (χ1n) is 7.19. The highest BCUT2D eigenvalue weighted by atomic mass is 32.2. The first-order valence-corrected chi connectivity index (χ1v) is 9.48. The van der Waals surface area contributed by atoms with Crippen LogP contribution in [0.1, 0.15) is 11.9 Å². The van der Waals surface area contributed by atoms with Crippen LogP contribution in [-0.4, -0.2) is 20.5 Å². The number of aryl methyl sites for hydroxylation is 1. The molecule has 1 aromatic heterocycles. The Morgan fingerprint density at radius 2 is 2.04 bits per heavy atom. The van der Waals surface area contributed by atoms with Gasteiger partial charge in [-0.25, -0.2) is 17.8 Å². The van der Waals surface area contributed by atoms with Gasteiger partial charge in [-0.2, -0.15) is 0 Å². The van der Waals surface area contributed by atoms with E-state index in [4.69, 9.17) is 4.74 Å². The quantitative estimate of drug-likeness (QED) is 0.746. The maximum absolute atomic E-state index is 13.4. The number of benzene rings is 2. The van der Waals surface area contributed by atoms with Gasteiger partial charge in [-0.15, -0.1) is 11.3 Å². The summed E-state index contributed by atoms with van der Waals surface area (Å²) >= 11 is 1.51. The van der Waals surface area contributed by atoms with Gasteiger partial charge < -0.3 is 4.74 Å². The highest BCUT2D eigenvalue weighted by Gasteiger charge is 2.21. The second kappa shape index (κ2) is 6.37. The van der Waals surface area contributed by atoms with E-state index in [1.54, 1.807) is 18.2 Å². The summed E-state index contributed by atoms with van der Waals surface area (Å²) in [6, 6.07) is 8.46. The summed E-state index contributed by atoms with van der Waals surface area (Å²) in [5, 5.41) is 0.983. The van der Waals surface area contributed by atoms with Crippen LogP contribution in [0.15, 0.2) is 41.3 Å². The zero-order valence-electron chi connectivity index (χ0n) is 13.0. The van der Waals surface area contributed by atoms with Crippen LogP contribution in [0.25, 0.3) is 10.2 Å². The van der Waals surface area contributed by atoms with Crippen molar-refractivity contribution in [1.29, 1.82) is 0 Å². The zero-order chi connectivity index (χ0) is 17.3. The van der Waals surface area contributed by atoms with Gasteiger partial charge in [-0.05, 0) is 42.8 Å². The SMILES string of the molecule is CCc1nc2ccc(NS(=O)(=O)c3cc(F)ccc3OC)cc2s1. The first-order chi connectivity index (χ1) is 11.4. The van der Waals surface area contributed by atoms with Crippen molar-refractivity contribution in [3.05, 3.63) is 47.2 Å². The second-order valence-corrected chi connectivity index (χ2v) is 7.81. The van der Waals surface area contributed by atoms with Gasteiger partial charge in [0.1, 0.15) is 16.5 Å². The summed E-state index contributed by atoms with van der Waals surface area (Å²) in [5.74, 6) is -0.572. The Morgan fingerprint density at radius 3 is 2.75 bits per heavy atom. The van der Waals surface area contributed by atoms with Crippen molar-refractivity contribution in [3.63, 3.8) is 0 Å². The minimum absolute atomic E-state index is 0.0797. The van der Waals surface area contributed by atoms with E-state index in [2.05, 4.69) is 9.71 Å². The summed E-state index contributed by atoms with van der Waals surface area (Å²) in [6.07, 6.45) is 0.820. The summed E-state index contributed by atoms with van der Waals surface area (Å²) < 4.78 is 46.9. The Morgan fingerprint density at radius 1 is 1.25 bits per heavy atom. The van der Waals surface area contributed by atoms with Crippen LogP contribution in [0.5, 0.6) is 5.75 Å². The van der Waals surface area contributed by atoms with Gasteiger partial charge in [-0.3, -0.25) is 4.72 Å². The topological polar surface area (TPSA) is 68.3 Å². The van der Waals surface area contributed by atoms with E-state index in [-0.39, 0.29) is 10.6 Å². The number of nitrogens with zero attached hydrogens (tertiary/aromatic N) is 1. The number of hydrogen-bond acceptors (Lipinski definition) is 5. The lowest BCUT2D eigenvalue weighted by Gasteiger charge is -2.11. The Balaban J connectivity index is 1.99. The predicted molar refractivity (Wildman–Crippen MR) is 92.8 cm³/mol. The molecule has 0 aliphatic carbocycles. The highest BCUT2D eigenvalue weighted by molar-refractivity contribution is 7.92. The molecule has 0 spiro atoms. The molecule has 0 atom stereocenters. The zero-order valence-corrected chi connectivity index (χ0v) is 14.7. The average Bonchev–Trinajstić information content (AvgIpc) is 2.97. The molecule has 3 aromatic rings. The third-order valence-corrected chi connectivity index (χ3v) is 5.97. The number of aromatic nitrogens is 1. The molecule has 0 saturated heterocycles. The lowest BCUT2D eigenvalue weighted by Crippen LogP contribution is -2.14. The third-order valence-electron chi connectivity index (χ3n) is 3.40. The summed E-state index contributed by atoms with van der Waals surface area (Å²) in [5.41, 5.74) is 1.21. The van der Waals surface area contributed by atoms with Crippen molar-refractivity contribution in [2.45, 2.75) is 18.2 Å². The van der Waals surface area contributed by atoms with Gasteiger partial charge in [0.05, 0.1) is 28.0 Å². The average molecular weight is 366 g/mol. The summed E-state index contributed by atoms with van der Waals surface area (Å²) in [4.78, 5) is 4.19. The summed E-state index contributed by atoms with van der Waals surface area (Å²) in [7, 11) is -2.64. The first kappa shape index (κ1) is 16.7. The van der Waals surface area contributed by atoms with Crippen molar-refractivity contribution >= 4 is 37.3 Å². The molecule has 8 heteroatoms. The van der Waals surface area contributed by atoms with Crippen LogP contribution < -0.4 is 9.46 Å². The predicted octanol–water partition coefficient (Wildman–Crippen LogP) is 3.81. The number of halogens is 1. The van der Waals surface area contributed by atoms with E-state index >= 15 is 0 Å². The Bertz CT molecular complexity index is 1000. The molecule has 24 heavy (non-hydrogen) atoms. The molecule has 0 amide bonds. The highest BCUT2D eigenvalue weighted by Crippen LogP contribution is 2.29. The number of nitrogens with one attached hydrogen (secondary N) is 1. The van der Waals surface area contributed by atoms with Gasteiger partial charge in [0, 0.05) is 0 Å². The summed E-state index contributed by atoms with van der Waals surface area (Å²) in [6.45, 7) is 2.01. The number of rotatable bonds is 5. The smallest absolute Gasteiger partial charge is 0.265 e. The van der Waals surface area contributed by atoms with E-state index in [0.717, 1.165) is 33.8 Å². The Hall–Kier alpha value is -2.19. The van der Waals surface area contributed by atoms with Gasteiger partial charge in [0.25, 0.3) is 10.0 Å². The Kier molecular flexibility index (Phi) is 4.42. The van der Waals surface area contributed by atoms with Crippen LogP contribution in [0.4, 0.5) is 10.1 Å². The van der Waals surface area contributed by atoms with Gasteiger partial charge in [-0.1, -0.05) is 6.92 Å². The van der Waals surface area contributed by atoms with Crippen LogP contribution >= 0.6 is 11.3 Å². The van der Waals surface area contributed by atoms with E-state index in [1.165, 1.54) is 24.5 Å². The molecule has 0 fully saturated rings. The number of ether oxygens (including phenoxy) is 1. The lowest BCUT2D eigenvalue weighted by atomic mass is 10.3. The van der Waals surface area contributed by atoms with Crippen molar-refractivity contribution in [1.82, 2.24) is 4.98 Å². The maximum Gasteiger partial charge on any atom is 0.265 e. The molecule has 0 radical (unpaired) electrons. The minimum atomic E-state index is -3.98. The molecule has 126 valence electrons. The number of thiazole rings is 1. The van der Waals surface area contributed by atoms with Gasteiger partial charge in [0.15, 0.2) is 0 Å². The van der Waals surface area contributed by atoms with Gasteiger partial charge >= 0.3 is 0 Å². The fourth-order valence-electron chi connectivity index (χ4n) is 2.26. The fraction of sp³-hybridized carbons (Fsp3) is 0.188. The van der Waals surface area contributed by atoms with Crippen LogP contribution in [-0.2, 0) is 16.4 Å². The minimum Gasteiger partial charge on any atom is -0.495 e. The lowest BCUT2D eigenvalue weighted by molar-refractivity contribution is 0.401. The standard InChI is InChI=1S/C16H15FN2O3S2/c1-3-16-18-12-6-5-11(9-14(12)23-16)19-24(20,21)15-8-10(17)4-7-13(15)22-2/h4-9,19H,3H2,1-2H3. The van der Waals surface area contributed by atoms with E-state index in [1.807, 2.05) is 6.92 Å². The van der Waals surface area contributed by atoms with Crippen molar-refractivity contribution in [3.8, 4) is 5.75 Å². The molecule has 0 saturated carbocycles. The van der Waals surface area contributed by atoms with Crippen molar-refractivity contribution in [2.24, 2.45) is 0 Å². The van der Waals surface area contributed by atoms with Crippen LogP contribution in [0.3, 0.4) is 0 Å². The number of fused-ring (bicyclic) bond motifs is 1. The number of anilines is 1. The normalized spacial score (nSPS) is 11.6. The Labute approximate surface area is 143 Å². The number of hydrogen-bond donors (Lipinski definition) is 1. The molecule has 0 aliphatic heterocycles. The van der Waals surface area contributed by atoms with E-state index in [0.29, 0.717) is 5.69 Å². The van der Waals surface area contributed by atoms with E-state index < -0.39 is 15.8 Å². The third kappa shape index (κ3) is 3.20. The van der Waals surface area contributed by atoms with Gasteiger partial charge in [0.2, 0.25) is 0 Å². The molecule has 1 N–H and O–H groups in total. The van der Waals surface area contributed by atoms with Crippen molar-refractivity contribution in [2.75, 3.05) is 11.8 Å². The van der Waals surface area contributed by atoms with E-state index in [9.17, 15) is 12.8 Å².